The van der Waals surface area contributed by atoms with Crippen molar-refractivity contribution in [3.8, 4) is 5.75 Å². The number of rotatable bonds is 7. The van der Waals surface area contributed by atoms with Gasteiger partial charge in [0.05, 0.1) is 13.2 Å². The molecule has 1 aromatic carbocycles. The second-order valence-electron chi connectivity index (χ2n) is 5.41. The van der Waals surface area contributed by atoms with Crippen LogP contribution in [0.2, 0.25) is 0 Å². The van der Waals surface area contributed by atoms with Gasteiger partial charge in [-0.15, -0.1) is 0 Å². The van der Waals surface area contributed by atoms with Gasteiger partial charge in [0.25, 0.3) is 0 Å². The van der Waals surface area contributed by atoms with Gasteiger partial charge in [0, 0.05) is 12.0 Å². The lowest BCUT2D eigenvalue weighted by atomic mass is 9.93. The normalized spacial score (nSPS) is 16.0. The van der Waals surface area contributed by atoms with Crippen LogP contribution in [0.3, 0.4) is 0 Å². The van der Waals surface area contributed by atoms with Crippen molar-refractivity contribution in [3.05, 3.63) is 29.8 Å². The first-order valence-electron chi connectivity index (χ1n) is 7.18. The van der Waals surface area contributed by atoms with Crippen LogP contribution in [-0.2, 0) is 19.0 Å². The number of hydrogen-bond donors (Lipinski definition) is 0. The van der Waals surface area contributed by atoms with E-state index in [1.165, 1.54) is 0 Å². The van der Waals surface area contributed by atoms with E-state index in [2.05, 4.69) is 0 Å². The van der Waals surface area contributed by atoms with Gasteiger partial charge in [-0.2, -0.15) is 0 Å². The zero-order valence-corrected chi connectivity index (χ0v) is 12.8. The van der Waals surface area contributed by atoms with Crippen LogP contribution < -0.4 is 4.74 Å². The van der Waals surface area contributed by atoms with Gasteiger partial charge in [-0.3, -0.25) is 9.59 Å². The van der Waals surface area contributed by atoms with Crippen molar-refractivity contribution < 1.29 is 33.3 Å². The van der Waals surface area contributed by atoms with Gasteiger partial charge in [-0.25, -0.2) is 4.79 Å². The predicted molar refractivity (Wildman–Crippen MR) is 78.3 cm³/mol. The molecule has 1 fully saturated rings. The summed E-state index contributed by atoms with van der Waals surface area (Å²) in [6, 6.07) is 6.72. The van der Waals surface area contributed by atoms with Crippen molar-refractivity contribution >= 4 is 18.4 Å². The summed E-state index contributed by atoms with van der Waals surface area (Å²) in [6.07, 6.45) is 0.498. The summed E-state index contributed by atoms with van der Waals surface area (Å²) in [6.45, 7) is 2.08. The van der Waals surface area contributed by atoms with Gasteiger partial charge in [-0.1, -0.05) is 0 Å². The number of carbonyl (C=O) groups is 3. The van der Waals surface area contributed by atoms with Gasteiger partial charge in [-0.05, 0) is 31.2 Å². The maximum Gasteiger partial charge on any atom is 0.508 e. The summed E-state index contributed by atoms with van der Waals surface area (Å²) in [4.78, 5) is 33.3. The van der Waals surface area contributed by atoms with E-state index in [1.54, 1.807) is 31.2 Å². The van der Waals surface area contributed by atoms with E-state index in [0.29, 0.717) is 24.3 Å². The van der Waals surface area contributed by atoms with Crippen LogP contribution in [0.15, 0.2) is 24.3 Å². The number of cyclic esters (lactones) is 2. The SMILES string of the molecule is CC1(C(=O)OCCCOc2ccc(C=O)cc2)COC(=O)OC1. The minimum Gasteiger partial charge on any atom is -0.493 e. The average Bonchev–Trinajstić information content (AvgIpc) is 2.57. The minimum absolute atomic E-state index is 0.0513. The Labute approximate surface area is 133 Å². The molecule has 0 spiro atoms. The van der Waals surface area contributed by atoms with Gasteiger partial charge >= 0.3 is 12.1 Å². The van der Waals surface area contributed by atoms with E-state index in [-0.39, 0.29) is 19.8 Å². The summed E-state index contributed by atoms with van der Waals surface area (Å²) in [5.41, 5.74) is -0.394. The third-order valence-electron chi connectivity index (χ3n) is 3.32. The maximum absolute atomic E-state index is 12.0. The molecule has 7 heteroatoms. The van der Waals surface area contributed by atoms with Crippen LogP contribution in [0.25, 0.3) is 0 Å². The topological polar surface area (TPSA) is 88.1 Å². The Morgan fingerprint density at radius 3 is 2.48 bits per heavy atom. The van der Waals surface area contributed by atoms with Gasteiger partial charge < -0.3 is 18.9 Å². The first kappa shape index (κ1) is 16.8. The van der Waals surface area contributed by atoms with E-state index in [4.69, 9.17) is 18.9 Å². The molecule has 1 saturated heterocycles. The first-order valence-corrected chi connectivity index (χ1v) is 7.18. The van der Waals surface area contributed by atoms with Crippen LogP contribution >= 0.6 is 0 Å². The van der Waals surface area contributed by atoms with E-state index in [0.717, 1.165) is 6.29 Å². The number of esters is 1. The molecule has 0 radical (unpaired) electrons. The maximum atomic E-state index is 12.0. The Morgan fingerprint density at radius 1 is 1.22 bits per heavy atom. The zero-order valence-electron chi connectivity index (χ0n) is 12.8. The van der Waals surface area contributed by atoms with Crippen molar-refractivity contribution in [2.75, 3.05) is 26.4 Å². The van der Waals surface area contributed by atoms with E-state index >= 15 is 0 Å². The number of benzene rings is 1. The summed E-state index contributed by atoms with van der Waals surface area (Å²) in [5.74, 6) is 0.168. The van der Waals surface area contributed by atoms with Crippen LogP contribution in [0.4, 0.5) is 4.79 Å². The molecule has 0 atom stereocenters. The van der Waals surface area contributed by atoms with E-state index < -0.39 is 17.5 Å². The van der Waals surface area contributed by atoms with Crippen molar-refractivity contribution in [1.82, 2.24) is 0 Å². The third-order valence-corrected chi connectivity index (χ3v) is 3.32. The van der Waals surface area contributed by atoms with Crippen molar-refractivity contribution in [2.24, 2.45) is 5.41 Å². The first-order chi connectivity index (χ1) is 11.0. The van der Waals surface area contributed by atoms with Gasteiger partial charge in [0.15, 0.2) is 0 Å². The summed E-state index contributed by atoms with van der Waals surface area (Å²) < 4.78 is 20.0. The Balaban J connectivity index is 1.65. The molecule has 2 rings (SSSR count). The molecule has 1 heterocycles. The highest BCUT2D eigenvalue weighted by atomic mass is 16.7. The number of aldehydes is 1. The Bertz CT molecular complexity index is 554. The summed E-state index contributed by atoms with van der Waals surface area (Å²) in [5, 5.41) is 0. The molecule has 0 aromatic heterocycles. The van der Waals surface area contributed by atoms with Crippen molar-refractivity contribution in [2.45, 2.75) is 13.3 Å². The molecule has 1 aliphatic heterocycles. The molecule has 7 nitrogen and oxygen atoms in total. The second kappa shape index (κ2) is 7.62. The van der Waals surface area contributed by atoms with E-state index in [1.807, 2.05) is 0 Å². The van der Waals surface area contributed by atoms with E-state index in [9.17, 15) is 14.4 Å². The second-order valence-corrected chi connectivity index (χ2v) is 5.41. The highest BCUT2D eigenvalue weighted by Gasteiger charge is 2.41. The molecule has 0 N–H and O–H groups in total. The molecule has 0 saturated carbocycles. The molecular weight excluding hydrogens is 304 g/mol. The lowest BCUT2D eigenvalue weighted by Crippen LogP contribution is -2.44. The fourth-order valence-electron chi connectivity index (χ4n) is 1.87. The van der Waals surface area contributed by atoms with Crippen LogP contribution in [0, 0.1) is 5.41 Å². The summed E-state index contributed by atoms with van der Waals surface area (Å²) in [7, 11) is 0. The monoisotopic (exact) mass is 322 g/mol. The quantitative estimate of drug-likeness (QED) is 0.431. The molecule has 0 aliphatic carbocycles. The predicted octanol–water partition coefficient (Wildman–Crippen LogP) is 1.98. The largest absolute Gasteiger partial charge is 0.508 e. The molecule has 0 amide bonds. The summed E-state index contributed by atoms with van der Waals surface area (Å²) >= 11 is 0. The molecule has 1 aliphatic rings. The molecule has 1 aromatic rings. The van der Waals surface area contributed by atoms with Crippen LogP contribution in [0.5, 0.6) is 5.75 Å². The van der Waals surface area contributed by atoms with Crippen LogP contribution in [-0.4, -0.2) is 44.8 Å². The number of hydrogen-bond acceptors (Lipinski definition) is 7. The fourth-order valence-corrected chi connectivity index (χ4v) is 1.87. The highest BCUT2D eigenvalue weighted by Crippen LogP contribution is 2.24. The molecule has 124 valence electrons. The Hall–Kier alpha value is -2.57. The molecule has 23 heavy (non-hydrogen) atoms. The lowest BCUT2D eigenvalue weighted by molar-refractivity contribution is -0.166. The van der Waals surface area contributed by atoms with Gasteiger partial charge in [0.1, 0.15) is 30.7 Å². The van der Waals surface area contributed by atoms with Crippen molar-refractivity contribution in [1.29, 1.82) is 0 Å². The minimum atomic E-state index is -0.973. The number of carbonyl (C=O) groups excluding carboxylic acids is 3. The smallest absolute Gasteiger partial charge is 0.493 e. The molecule has 0 bridgehead atoms. The van der Waals surface area contributed by atoms with Crippen molar-refractivity contribution in [3.63, 3.8) is 0 Å². The third kappa shape index (κ3) is 4.70. The molecular formula is C16H18O7. The number of ether oxygens (including phenoxy) is 4. The van der Waals surface area contributed by atoms with Gasteiger partial charge in [0.2, 0.25) is 0 Å². The molecule has 0 unspecified atom stereocenters. The Kier molecular flexibility index (Phi) is 5.56. The average molecular weight is 322 g/mol. The van der Waals surface area contributed by atoms with Crippen LogP contribution in [0.1, 0.15) is 23.7 Å². The zero-order chi connectivity index (χ0) is 16.7. The Morgan fingerprint density at radius 2 is 1.87 bits per heavy atom. The fraction of sp³-hybridized carbons (Fsp3) is 0.438. The standard InChI is InChI=1S/C16H18O7/c1-16(10-22-15(19)23-11-16)14(18)21-8-2-7-20-13-5-3-12(9-17)4-6-13/h3-6,9H,2,7-8,10-11H2,1H3. The highest BCUT2D eigenvalue weighted by molar-refractivity contribution is 5.78. The lowest BCUT2D eigenvalue weighted by Gasteiger charge is -2.29.